The van der Waals surface area contributed by atoms with Crippen molar-refractivity contribution in [2.75, 3.05) is 6.54 Å². The van der Waals surface area contributed by atoms with Crippen molar-refractivity contribution in [1.29, 1.82) is 0 Å². The summed E-state index contributed by atoms with van der Waals surface area (Å²) in [5.41, 5.74) is 3.72. The number of hydrogen-bond donors (Lipinski definition) is 0. The van der Waals surface area contributed by atoms with E-state index in [0.717, 1.165) is 31.9 Å². The maximum Gasteiger partial charge on any atom is 0.0946 e. The molecule has 118 valence electrons. The Bertz CT molecular complexity index is 707. The lowest BCUT2D eigenvalue weighted by Gasteiger charge is -2.23. The minimum absolute atomic E-state index is 0.857. The van der Waals surface area contributed by atoms with Crippen molar-refractivity contribution in [2.45, 2.75) is 26.6 Å². The molecule has 0 radical (unpaired) electrons. The maximum atomic E-state index is 4.54. The number of aryl methyl sites for hydroxylation is 1. The lowest BCUT2D eigenvalue weighted by Crippen LogP contribution is -2.27. The molecule has 23 heavy (non-hydrogen) atoms. The summed E-state index contributed by atoms with van der Waals surface area (Å²) in [5.74, 6) is 0. The number of hydrogen-bond acceptors (Lipinski definition) is 3. The third-order valence-electron chi connectivity index (χ3n) is 3.97. The van der Waals surface area contributed by atoms with Crippen LogP contribution in [0.15, 0.2) is 67.4 Å². The van der Waals surface area contributed by atoms with Crippen molar-refractivity contribution in [2.24, 2.45) is 0 Å². The lowest BCUT2D eigenvalue weighted by molar-refractivity contribution is 0.242. The first kappa shape index (κ1) is 15.4. The van der Waals surface area contributed by atoms with E-state index in [4.69, 9.17) is 0 Å². The number of pyridine rings is 1. The number of benzene rings is 1. The molecule has 3 rings (SSSR count). The fraction of sp³-hybridized carbons (Fsp3) is 0.263. The Morgan fingerprint density at radius 2 is 1.87 bits per heavy atom. The van der Waals surface area contributed by atoms with Gasteiger partial charge in [0.1, 0.15) is 0 Å². The quantitative estimate of drug-likeness (QED) is 0.672. The van der Waals surface area contributed by atoms with Crippen LogP contribution in [0, 0.1) is 6.92 Å². The highest BCUT2D eigenvalue weighted by atomic mass is 15.2. The molecule has 0 fully saturated rings. The minimum atomic E-state index is 0.857. The molecule has 0 saturated carbocycles. The predicted molar refractivity (Wildman–Crippen MR) is 91.8 cm³/mol. The van der Waals surface area contributed by atoms with Gasteiger partial charge in [-0.15, -0.1) is 0 Å². The van der Waals surface area contributed by atoms with E-state index in [0.29, 0.717) is 0 Å². The summed E-state index contributed by atoms with van der Waals surface area (Å²) in [7, 11) is 0. The molecule has 0 spiro atoms. The zero-order valence-corrected chi connectivity index (χ0v) is 13.5. The average Bonchev–Trinajstić information content (AvgIpc) is 3.09. The largest absolute Gasteiger partial charge is 0.336 e. The molecular formula is C19H22N4. The van der Waals surface area contributed by atoms with E-state index in [1.807, 2.05) is 31.0 Å². The minimum Gasteiger partial charge on any atom is -0.336 e. The molecule has 0 unspecified atom stereocenters. The van der Waals surface area contributed by atoms with Crippen LogP contribution in [0.1, 0.15) is 16.8 Å². The molecule has 0 saturated heterocycles. The van der Waals surface area contributed by atoms with Gasteiger partial charge in [-0.2, -0.15) is 0 Å². The van der Waals surface area contributed by atoms with E-state index in [9.17, 15) is 0 Å². The topological polar surface area (TPSA) is 34.0 Å². The van der Waals surface area contributed by atoms with Crippen molar-refractivity contribution in [3.63, 3.8) is 0 Å². The monoisotopic (exact) mass is 306 g/mol. The van der Waals surface area contributed by atoms with Crippen LogP contribution >= 0.6 is 0 Å². The van der Waals surface area contributed by atoms with Gasteiger partial charge < -0.3 is 4.57 Å². The molecule has 0 aliphatic heterocycles. The van der Waals surface area contributed by atoms with Crippen LogP contribution in [0.4, 0.5) is 0 Å². The molecule has 0 N–H and O–H groups in total. The van der Waals surface area contributed by atoms with Crippen molar-refractivity contribution < 1.29 is 0 Å². The highest BCUT2D eigenvalue weighted by Crippen LogP contribution is 2.11. The molecule has 0 bridgehead atoms. The molecule has 1 aromatic carbocycles. The molecule has 3 aromatic rings. The summed E-state index contributed by atoms with van der Waals surface area (Å²) in [6, 6.07) is 14.7. The van der Waals surface area contributed by atoms with Gasteiger partial charge in [0.2, 0.25) is 0 Å². The van der Waals surface area contributed by atoms with Gasteiger partial charge in [0.05, 0.1) is 12.0 Å². The van der Waals surface area contributed by atoms with Crippen molar-refractivity contribution in [3.8, 4) is 0 Å². The average molecular weight is 306 g/mol. The van der Waals surface area contributed by atoms with Gasteiger partial charge in [0, 0.05) is 44.8 Å². The SMILES string of the molecule is Cc1cccnc1CN(CCn1ccnc1)Cc1ccccc1. The van der Waals surface area contributed by atoms with Crippen LogP contribution < -0.4 is 0 Å². The lowest BCUT2D eigenvalue weighted by atomic mass is 10.1. The second-order valence-electron chi connectivity index (χ2n) is 5.76. The Kier molecular flexibility index (Phi) is 5.17. The number of rotatable bonds is 7. The van der Waals surface area contributed by atoms with Gasteiger partial charge in [-0.1, -0.05) is 36.4 Å². The Morgan fingerprint density at radius 1 is 1.00 bits per heavy atom. The van der Waals surface area contributed by atoms with Crippen LogP contribution in [0.5, 0.6) is 0 Å². The molecular weight excluding hydrogens is 284 g/mol. The Labute approximate surface area is 137 Å². The summed E-state index contributed by atoms with van der Waals surface area (Å²) in [4.78, 5) is 11.1. The zero-order valence-electron chi connectivity index (χ0n) is 13.5. The van der Waals surface area contributed by atoms with Crippen molar-refractivity contribution >= 4 is 0 Å². The van der Waals surface area contributed by atoms with Gasteiger partial charge in [-0.05, 0) is 24.1 Å². The normalized spacial score (nSPS) is 11.0. The van der Waals surface area contributed by atoms with E-state index in [-0.39, 0.29) is 0 Å². The summed E-state index contributed by atoms with van der Waals surface area (Å²) < 4.78 is 2.11. The van der Waals surface area contributed by atoms with Crippen LogP contribution in [-0.2, 0) is 19.6 Å². The van der Waals surface area contributed by atoms with E-state index < -0.39 is 0 Å². The maximum absolute atomic E-state index is 4.54. The smallest absolute Gasteiger partial charge is 0.0946 e. The highest BCUT2D eigenvalue weighted by molar-refractivity contribution is 5.18. The first-order chi connectivity index (χ1) is 11.3. The Balaban J connectivity index is 1.71. The van der Waals surface area contributed by atoms with Gasteiger partial charge in [-0.3, -0.25) is 9.88 Å². The van der Waals surface area contributed by atoms with Crippen molar-refractivity contribution in [3.05, 3.63) is 84.2 Å². The summed E-state index contributed by atoms with van der Waals surface area (Å²) in [5, 5.41) is 0. The second-order valence-corrected chi connectivity index (χ2v) is 5.76. The standard InChI is InChI=1S/C19H22N4/c1-17-6-5-9-21-19(17)15-23(13-12-22-11-10-20-16-22)14-18-7-3-2-4-8-18/h2-11,16H,12-15H2,1H3. The molecule has 4 heteroatoms. The molecule has 2 aromatic heterocycles. The highest BCUT2D eigenvalue weighted by Gasteiger charge is 2.10. The molecule has 0 aliphatic rings. The third-order valence-corrected chi connectivity index (χ3v) is 3.97. The van der Waals surface area contributed by atoms with Crippen molar-refractivity contribution in [1.82, 2.24) is 19.4 Å². The number of nitrogens with zero attached hydrogens (tertiary/aromatic N) is 4. The summed E-state index contributed by atoms with van der Waals surface area (Å²) >= 11 is 0. The first-order valence-electron chi connectivity index (χ1n) is 7.94. The van der Waals surface area contributed by atoms with Gasteiger partial charge >= 0.3 is 0 Å². The first-order valence-corrected chi connectivity index (χ1v) is 7.94. The number of aromatic nitrogens is 3. The van der Waals surface area contributed by atoms with Gasteiger partial charge in [0.15, 0.2) is 0 Å². The fourth-order valence-electron chi connectivity index (χ4n) is 2.63. The van der Waals surface area contributed by atoms with Crippen LogP contribution in [-0.4, -0.2) is 26.0 Å². The Hall–Kier alpha value is -2.46. The van der Waals surface area contributed by atoms with Crippen LogP contribution in [0.3, 0.4) is 0 Å². The Morgan fingerprint density at radius 3 is 2.61 bits per heavy atom. The predicted octanol–water partition coefficient (Wildman–Crippen LogP) is 3.29. The third kappa shape index (κ3) is 4.50. The van der Waals surface area contributed by atoms with Gasteiger partial charge in [-0.25, -0.2) is 4.98 Å². The number of imidazole rings is 1. The van der Waals surface area contributed by atoms with E-state index in [2.05, 4.69) is 62.8 Å². The fourth-order valence-corrected chi connectivity index (χ4v) is 2.63. The zero-order chi connectivity index (χ0) is 15.9. The summed E-state index contributed by atoms with van der Waals surface area (Å²) in [6.07, 6.45) is 7.57. The van der Waals surface area contributed by atoms with Crippen LogP contribution in [0.25, 0.3) is 0 Å². The molecule has 4 nitrogen and oxygen atoms in total. The molecule has 0 amide bonds. The van der Waals surface area contributed by atoms with E-state index in [1.54, 1.807) is 0 Å². The summed E-state index contributed by atoms with van der Waals surface area (Å²) in [6.45, 7) is 5.79. The molecule has 0 atom stereocenters. The van der Waals surface area contributed by atoms with E-state index in [1.165, 1.54) is 11.1 Å². The second kappa shape index (κ2) is 7.70. The van der Waals surface area contributed by atoms with Crippen LogP contribution in [0.2, 0.25) is 0 Å². The molecule has 0 aliphatic carbocycles. The van der Waals surface area contributed by atoms with Gasteiger partial charge in [0.25, 0.3) is 0 Å². The van der Waals surface area contributed by atoms with E-state index >= 15 is 0 Å². The molecule has 2 heterocycles.